The van der Waals surface area contributed by atoms with E-state index in [0.717, 1.165) is 25.6 Å². The average molecular weight is 178 g/mol. The molecule has 2 aliphatic rings. The van der Waals surface area contributed by atoms with Crippen LogP contribution in [0.3, 0.4) is 0 Å². The molecule has 2 fully saturated rings. The molecule has 0 bridgehead atoms. The highest BCUT2D eigenvalue weighted by Gasteiger charge is 2.28. The molecule has 1 atom stereocenters. The van der Waals surface area contributed by atoms with E-state index in [2.05, 4.69) is 5.32 Å². The molecule has 0 aromatic rings. The second-order valence-corrected chi connectivity index (χ2v) is 3.30. The van der Waals surface area contributed by atoms with Crippen LogP contribution < -0.4 is 5.32 Å². The van der Waals surface area contributed by atoms with Crippen LogP contribution >= 0.6 is 12.4 Å². The second-order valence-electron chi connectivity index (χ2n) is 3.30. The fourth-order valence-corrected chi connectivity index (χ4v) is 1.70. The highest BCUT2D eigenvalue weighted by atomic mass is 35.5. The Balaban J connectivity index is 0.000000605. The molecule has 2 rings (SSSR count). The van der Waals surface area contributed by atoms with Gasteiger partial charge < -0.3 is 10.1 Å². The van der Waals surface area contributed by atoms with E-state index in [1.807, 2.05) is 0 Å². The molecule has 1 aliphatic carbocycles. The predicted octanol–water partition coefficient (Wildman–Crippen LogP) is 1.20. The highest BCUT2D eigenvalue weighted by Crippen LogP contribution is 2.31. The minimum absolute atomic E-state index is 0. The zero-order valence-corrected chi connectivity index (χ0v) is 7.53. The van der Waals surface area contributed by atoms with E-state index in [-0.39, 0.29) is 12.4 Å². The molecule has 0 amide bonds. The third-order valence-electron chi connectivity index (χ3n) is 2.63. The van der Waals surface area contributed by atoms with E-state index in [4.69, 9.17) is 4.74 Å². The van der Waals surface area contributed by atoms with Crippen molar-refractivity contribution in [1.29, 1.82) is 0 Å². The zero-order chi connectivity index (χ0) is 6.81. The summed E-state index contributed by atoms with van der Waals surface area (Å²) >= 11 is 0. The number of nitrogens with one attached hydrogen (secondary N) is 1. The quantitative estimate of drug-likeness (QED) is 0.650. The number of morpholine rings is 1. The van der Waals surface area contributed by atoms with E-state index >= 15 is 0 Å². The van der Waals surface area contributed by atoms with Crippen molar-refractivity contribution in [3.63, 3.8) is 0 Å². The van der Waals surface area contributed by atoms with Gasteiger partial charge in [0.05, 0.1) is 12.7 Å². The van der Waals surface area contributed by atoms with Gasteiger partial charge in [0.25, 0.3) is 0 Å². The van der Waals surface area contributed by atoms with Crippen LogP contribution in [-0.2, 0) is 4.74 Å². The Labute approximate surface area is 74.1 Å². The maximum atomic E-state index is 5.62. The van der Waals surface area contributed by atoms with E-state index in [1.165, 1.54) is 19.3 Å². The largest absolute Gasteiger partial charge is 0.375 e. The molecule has 1 saturated heterocycles. The van der Waals surface area contributed by atoms with Gasteiger partial charge in [0.15, 0.2) is 0 Å². The molecule has 1 N–H and O–H groups in total. The standard InChI is InChI=1S/C8H15NO.ClH/c1-2-7(3-1)8-6-9-4-5-10-8;/h7-9H,1-6H2;1H. The topological polar surface area (TPSA) is 21.3 Å². The van der Waals surface area contributed by atoms with Crippen molar-refractivity contribution in [3.8, 4) is 0 Å². The monoisotopic (exact) mass is 177 g/mol. The van der Waals surface area contributed by atoms with Crippen molar-refractivity contribution in [2.24, 2.45) is 5.92 Å². The summed E-state index contributed by atoms with van der Waals surface area (Å²) in [6.07, 6.45) is 4.76. The Morgan fingerprint density at radius 2 is 2.09 bits per heavy atom. The molecule has 0 aromatic heterocycles. The van der Waals surface area contributed by atoms with Gasteiger partial charge >= 0.3 is 0 Å². The van der Waals surface area contributed by atoms with E-state index in [0.29, 0.717) is 6.10 Å². The van der Waals surface area contributed by atoms with E-state index < -0.39 is 0 Å². The maximum absolute atomic E-state index is 5.62. The van der Waals surface area contributed by atoms with Gasteiger partial charge in [0.2, 0.25) is 0 Å². The molecular formula is C8H16ClNO. The number of halogens is 1. The van der Waals surface area contributed by atoms with Crippen molar-refractivity contribution in [2.45, 2.75) is 25.4 Å². The summed E-state index contributed by atoms with van der Waals surface area (Å²) in [6.45, 7) is 3.05. The molecule has 66 valence electrons. The van der Waals surface area contributed by atoms with E-state index in [9.17, 15) is 0 Å². The van der Waals surface area contributed by atoms with Gasteiger partial charge in [-0.15, -0.1) is 12.4 Å². The van der Waals surface area contributed by atoms with Crippen LogP contribution in [0.1, 0.15) is 19.3 Å². The minimum Gasteiger partial charge on any atom is -0.375 e. The number of hydrogen-bond acceptors (Lipinski definition) is 2. The fourth-order valence-electron chi connectivity index (χ4n) is 1.70. The van der Waals surface area contributed by atoms with Gasteiger partial charge in [-0.05, 0) is 18.8 Å². The first-order valence-corrected chi connectivity index (χ1v) is 4.29. The molecule has 0 aromatic carbocycles. The van der Waals surface area contributed by atoms with Gasteiger partial charge in [0, 0.05) is 13.1 Å². The molecule has 0 radical (unpaired) electrons. The SMILES string of the molecule is C1CC(C2CNCCO2)C1.Cl. The zero-order valence-electron chi connectivity index (χ0n) is 6.71. The fraction of sp³-hybridized carbons (Fsp3) is 1.00. The molecule has 2 nitrogen and oxygen atoms in total. The van der Waals surface area contributed by atoms with Crippen LogP contribution in [0.2, 0.25) is 0 Å². The van der Waals surface area contributed by atoms with Gasteiger partial charge in [0.1, 0.15) is 0 Å². The predicted molar refractivity (Wildman–Crippen MR) is 47.2 cm³/mol. The lowest BCUT2D eigenvalue weighted by molar-refractivity contribution is -0.0316. The highest BCUT2D eigenvalue weighted by molar-refractivity contribution is 5.85. The average Bonchev–Trinajstić information content (AvgIpc) is 1.86. The first kappa shape index (κ1) is 9.30. The molecular weight excluding hydrogens is 162 g/mol. The van der Waals surface area contributed by atoms with Gasteiger partial charge in [-0.3, -0.25) is 0 Å². The molecule has 0 spiro atoms. The molecule has 1 aliphatic heterocycles. The van der Waals surface area contributed by atoms with Crippen LogP contribution in [-0.4, -0.2) is 25.8 Å². The summed E-state index contributed by atoms with van der Waals surface area (Å²) in [5.41, 5.74) is 0. The molecule has 1 saturated carbocycles. The normalized spacial score (nSPS) is 32.2. The lowest BCUT2D eigenvalue weighted by atomic mass is 9.81. The van der Waals surface area contributed by atoms with Crippen LogP contribution in [0, 0.1) is 5.92 Å². The summed E-state index contributed by atoms with van der Waals surface area (Å²) < 4.78 is 5.62. The van der Waals surface area contributed by atoms with Crippen molar-refractivity contribution in [1.82, 2.24) is 5.32 Å². The Morgan fingerprint density at radius 1 is 1.27 bits per heavy atom. The first-order chi connectivity index (χ1) is 4.97. The van der Waals surface area contributed by atoms with Crippen LogP contribution in [0.15, 0.2) is 0 Å². The number of ether oxygens (including phenoxy) is 1. The Hall–Kier alpha value is 0.210. The minimum atomic E-state index is 0. The second kappa shape index (κ2) is 4.29. The maximum Gasteiger partial charge on any atom is 0.0728 e. The van der Waals surface area contributed by atoms with Crippen molar-refractivity contribution in [3.05, 3.63) is 0 Å². The Kier molecular flexibility index (Phi) is 3.63. The van der Waals surface area contributed by atoms with Crippen LogP contribution in [0.25, 0.3) is 0 Å². The van der Waals surface area contributed by atoms with Crippen molar-refractivity contribution in [2.75, 3.05) is 19.7 Å². The van der Waals surface area contributed by atoms with Crippen LogP contribution in [0.4, 0.5) is 0 Å². The summed E-state index contributed by atoms with van der Waals surface area (Å²) in [5.74, 6) is 0.882. The van der Waals surface area contributed by atoms with E-state index in [1.54, 1.807) is 0 Å². The number of rotatable bonds is 1. The summed E-state index contributed by atoms with van der Waals surface area (Å²) in [4.78, 5) is 0. The van der Waals surface area contributed by atoms with Gasteiger partial charge in [-0.25, -0.2) is 0 Å². The first-order valence-electron chi connectivity index (χ1n) is 4.29. The molecule has 3 heteroatoms. The smallest absolute Gasteiger partial charge is 0.0728 e. The third-order valence-corrected chi connectivity index (χ3v) is 2.63. The molecule has 1 unspecified atom stereocenters. The summed E-state index contributed by atoms with van der Waals surface area (Å²) in [5, 5.41) is 3.36. The lowest BCUT2D eigenvalue weighted by Gasteiger charge is -2.36. The number of hydrogen-bond donors (Lipinski definition) is 1. The molecule has 11 heavy (non-hydrogen) atoms. The Morgan fingerprint density at radius 3 is 2.55 bits per heavy atom. The molecule has 1 heterocycles. The van der Waals surface area contributed by atoms with Gasteiger partial charge in [-0.2, -0.15) is 0 Å². The Bertz CT molecular complexity index is 111. The van der Waals surface area contributed by atoms with Crippen molar-refractivity contribution < 1.29 is 4.74 Å². The van der Waals surface area contributed by atoms with Crippen LogP contribution in [0.5, 0.6) is 0 Å². The summed E-state index contributed by atoms with van der Waals surface area (Å²) in [6, 6.07) is 0. The lowest BCUT2D eigenvalue weighted by Crippen LogP contribution is -2.44. The third kappa shape index (κ3) is 2.08. The summed E-state index contributed by atoms with van der Waals surface area (Å²) in [7, 11) is 0. The van der Waals surface area contributed by atoms with Gasteiger partial charge in [-0.1, -0.05) is 6.42 Å². The van der Waals surface area contributed by atoms with Crippen molar-refractivity contribution >= 4 is 12.4 Å².